The molecule has 0 N–H and O–H groups in total. The van der Waals surface area contributed by atoms with Gasteiger partial charge in [-0.25, -0.2) is 0 Å². The van der Waals surface area contributed by atoms with Crippen LogP contribution < -0.4 is 0 Å². The van der Waals surface area contributed by atoms with E-state index in [0.717, 1.165) is 0 Å². The normalized spacial score (nSPS) is 18.1. The van der Waals surface area contributed by atoms with Gasteiger partial charge in [0, 0.05) is 23.8 Å². The van der Waals surface area contributed by atoms with Crippen molar-refractivity contribution in [2.75, 3.05) is 6.54 Å². The maximum Gasteiger partial charge on any atom is 0.312 e. The van der Waals surface area contributed by atoms with Gasteiger partial charge < -0.3 is 0 Å². The van der Waals surface area contributed by atoms with Crippen LogP contribution in [0.5, 0.6) is 0 Å². The second-order valence-corrected chi connectivity index (χ2v) is 3.66. The van der Waals surface area contributed by atoms with E-state index in [-0.39, 0.29) is 12.8 Å². The zero-order valence-electron chi connectivity index (χ0n) is 7.97. The largest absolute Gasteiger partial charge is 0.312 e. The second kappa shape index (κ2) is 4.26. The molecule has 0 atom stereocenters. The summed E-state index contributed by atoms with van der Waals surface area (Å²) in [6.45, 7) is -0.605. The van der Waals surface area contributed by atoms with E-state index in [9.17, 15) is 17.6 Å². The van der Waals surface area contributed by atoms with Crippen molar-refractivity contribution in [3.05, 3.63) is 10.4 Å². The van der Waals surface area contributed by atoms with Crippen LogP contribution in [0.15, 0.2) is 5.11 Å². The number of hydrogen-bond donors (Lipinski definition) is 0. The number of azide groups is 1. The van der Waals surface area contributed by atoms with Crippen molar-refractivity contribution in [3.63, 3.8) is 0 Å². The first-order valence-corrected chi connectivity index (χ1v) is 4.68. The lowest BCUT2D eigenvalue weighted by Gasteiger charge is -2.37. The molecule has 1 rings (SSSR count). The van der Waals surface area contributed by atoms with Crippen LogP contribution in [0.3, 0.4) is 0 Å². The zero-order valence-corrected chi connectivity index (χ0v) is 7.97. The van der Waals surface area contributed by atoms with Crippen LogP contribution in [-0.4, -0.2) is 18.4 Å². The summed E-state index contributed by atoms with van der Waals surface area (Å²) in [7, 11) is 0. The number of nitrogens with zero attached hydrogens (tertiary/aromatic N) is 3. The summed E-state index contributed by atoms with van der Waals surface area (Å²) in [5.74, 6) is -9.28. The smallest absolute Gasteiger partial charge is 0.200 e. The molecule has 1 aliphatic carbocycles. The molecular weight excluding hydrogens is 214 g/mol. The van der Waals surface area contributed by atoms with Gasteiger partial charge >= 0.3 is 11.8 Å². The molecule has 0 saturated heterocycles. The van der Waals surface area contributed by atoms with Gasteiger partial charge in [-0.2, -0.15) is 17.6 Å². The van der Waals surface area contributed by atoms with E-state index in [2.05, 4.69) is 10.0 Å². The van der Waals surface area contributed by atoms with Gasteiger partial charge in [0.1, 0.15) is 0 Å². The van der Waals surface area contributed by atoms with E-state index in [1.807, 2.05) is 0 Å². The molecule has 0 aliphatic heterocycles. The molecule has 1 saturated carbocycles. The van der Waals surface area contributed by atoms with Crippen LogP contribution in [0.2, 0.25) is 0 Å². The molecule has 15 heavy (non-hydrogen) atoms. The van der Waals surface area contributed by atoms with Gasteiger partial charge in [-0.1, -0.05) is 11.5 Å². The number of halogens is 4. The summed E-state index contributed by atoms with van der Waals surface area (Å²) in [5.41, 5.74) is 7.86. The van der Waals surface area contributed by atoms with Crippen molar-refractivity contribution in [1.29, 1.82) is 0 Å². The van der Waals surface area contributed by atoms with Crippen LogP contribution in [0.1, 0.15) is 25.7 Å². The van der Waals surface area contributed by atoms with Gasteiger partial charge in [0.2, 0.25) is 0 Å². The molecule has 0 amide bonds. The monoisotopic (exact) mass is 225 g/mol. The third kappa shape index (κ3) is 2.34. The third-order valence-electron chi connectivity index (χ3n) is 2.69. The Morgan fingerprint density at radius 3 is 2.27 bits per heavy atom. The van der Waals surface area contributed by atoms with Crippen LogP contribution in [0, 0.1) is 5.92 Å². The molecule has 7 heteroatoms. The Morgan fingerprint density at radius 2 is 1.87 bits per heavy atom. The lowest BCUT2D eigenvalue weighted by Crippen LogP contribution is -2.49. The molecule has 0 aromatic heterocycles. The molecule has 86 valence electrons. The zero-order chi connectivity index (χ0) is 11.5. The third-order valence-corrected chi connectivity index (χ3v) is 2.69. The molecule has 0 bridgehead atoms. The Balaban J connectivity index is 2.60. The summed E-state index contributed by atoms with van der Waals surface area (Å²) in [5, 5.41) is 2.84. The highest BCUT2D eigenvalue weighted by Crippen LogP contribution is 2.49. The molecule has 0 aromatic rings. The van der Waals surface area contributed by atoms with Gasteiger partial charge in [-0.05, 0) is 18.4 Å². The summed E-state index contributed by atoms with van der Waals surface area (Å²) in [6, 6.07) is 0. The van der Waals surface area contributed by atoms with E-state index < -0.39 is 30.7 Å². The molecule has 1 aliphatic rings. The van der Waals surface area contributed by atoms with E-state index in [0.29, 0.717) is 6.42 Å². The minimum atomic E-state index is -4.08. The van der Waals surface area contributed by atoms with Gasteiger partial charge in [-0.15, -0.1) is 0 Å². The predicted octanol–water partition coefficient (Wildman–Crippen LogP) is 3.76. The Kier molecular flexibility index (Phi) is 3.44. The van der Waals surface area contributed by atoms with E-state index >= 15 is 0 Å². The molecule has 0 heterocycles. The topological polar surface area (TPSA) is 48.8 Å². The Hall–Kier alpha value is -0.970. The Bertz CT molecular complexity index is 269. The van der Waals surface area contributed by atoms with Crippen molar-refractivity contribution in [2.24, 2.45) is 11.0 Å². The fraction of sp³-hybridized carbons (Fsp3) is 1.00. The van der Waals surface area contributed by atoms with E-state index in [4.69, 9.17) is 5.53 Å². The SMILES string of the molecule is [N-]=[N+]=NCCC(F)(F)C(F)(F)C1CCC1. The minimum Gasteiger partial charge on any atom is -0.200 e. The van der Waals surface area contributed by atoms with Crippen molar-refractivity contribution in [1.82, 2.24) is 0 Å². The van der Waals surface area contributed by atoms with Crippen molar-refractivity contribution in [2.45, 2.75) is 37.5 Å². The lowest BCUT2D eigenvalue weighted by molar-refractivity contribution is -0.249. The second-order valence-electron chi connectivity index (χ2n) is 3.66. The van der Waals surface area contributed by atoms with E-state index in [1.54, 1.807) is 0 Å². The average molecular weight is 225 g/mol. The standard InChI is InChI=1S/C8H11F4N3/c9-7(10,4-5-14-15-13)8(11,12)6-2-1-3-6/h6H,1-5H2. The maximum atomic E-state index is 13.2. The number of hydrogen-bond acceptors (Lipinski definition) is 1. The van der Waals surface area contributed by atoms with E-state index in [1.165, 1.54) is 0 Å². The molecule has 0 aromatic carbocycles. The molecule has 0 spiro atoms. The van der Waals surface area contributed by atoms with Gasteiger partial charge in [0.25, 0.3) is 0 Å². The first kappa shape index (κ1) is 12.1. The van der Waals surface area contributed by atoms with Crippen molar-refractivity contribution < 1.29 is 17.6 Å². The lowest BCUT2D eigenvalue weighted by atomic mass is 9.77. The highest BCUT2D eigenvalue weighted by atomic mass is 19.3. The molecular formula is C8H11F4N3. The quantitative estimate of drug-likeness (QED) is 0.296. The summed E-state index contributed by atoms with van der Waals surface area (Å²) in [6.07, 6.45) is -0.235. The average Bonchev–Trinajstić information content (AvgIpc) is 1.99. The summed E-state index contributed by atoms with van der Waals surface area (Å²) < 4.78 is 52.5. The van der Waals surface area contributed by atoms with Crippen LogP contribution in [-0.2, 0) is 0 Å². The van der Waals surface area contributed by atoms with Crippen molar-refractivity contribution >= 4 is 0 Å². The first-order valence-electron chi connectivity index (χ1n) is 4.68. The van der Waals surface area contributed by atoms with Crippen LogP contribution >= 0.6 is 0 Å². The predicted molar refractivity (Wildman–Crippen MR) is 45.9 cm³/mol. The molecule has 0 radical (unpaired) electrons. The van der Waals surface area contributed by atoms with Gasteiger partial charge in [0.15, 0.2) is 0 Å². The first-order chi connectivity index (χ1) is 6.92. The fourth-order valence-corrected chi connectivity index (χ4v) is 1.47. The summed E-state index contributed by atoms with van der Waals surface area (Å²) >= 11 is 0. The minimum absolute atomic E-state index is 0.143. The van der Waals surface area contributed by atoms with Gasteiger partial charge in [-0.3, -0.25) is 0 Å². The highest BCUT2D eigenvalue weighted by Gasteiger charge is 2.60. The summed E-state index contributed by atoms with van der Waals surface area (Å²) in [4.78, 5) is 2.25. The van der Waals surface area contributed by atoms with Crippen molar-refractivity contribution in [3.8, 4) is 0 Å². The number of alkyl halides is 4. The van der Waals surface area contributed by atoms with Crippen LogP contribution in [0.25, 0.3) is 10.4 Å². The highest BCUT2D eigenvalue weighted by molar-refractivity contribution is 4.94. The molecule has 0 unspecified atom stereocenters. The molecule has 3 nitrogen and oxygen atoms in total. The maximum absolute atomic E-state index is 13.2. The fourth-order valence-electron chi connectivity index (χ4n) is 1.47. The Morgan fingerprint density at radius 1 is 1.27 bits per heavy atom. The number of rotatable bonds is 5. The van der Waals surface area contributed by atoms with Gasteiger partial charge in [0.05, 0.1) is 0 Å². The Labute approximate surface area is 84.1 Å². The molecule has 1 fully saturated rings. The van der Waals surface area contributed by atoms with Crippen LogP contribution in [0.4, 0.5) is 17.6 Å².